The number of carbonyl (C=O) groups excluding carboxylic acids is 2. The number of nitrogens with one attached hydrogen (secondary N) is 1. The highest BCUT2D eigenvalue weighted by Crippen LogP contribution is 2.20. The molecule has 0 radical (unpaired) electrons. The summed E-state index contributed by atoms with van der Waals surface area (Å²) in [5.41, 5.74) is 0. The van der Waals surface area contributed by atoms with Gasteiger partial charge in [-0.1, -0.05) is 384 Å². The third kappa shape index (κ3) is 73.0. The molecule has 0 aromatic rings. The Bertz CT molecular complexity index is 1410. The molecule has 6 nitrogen and oxygen atoms in total. The maximum absolute atomic E-state index is 12.5. The Morgan fingerprint density at radius 1 is 0.322 bits per heavy atom. The number of aliphatic hydroxyl groups excluding tert-OH is 2. The van der Waals surface area contributed by atoms with Crippen molar-refractivity contribution in [2.24, 2.45) is 0 Å². The first-order valence-electron chi connectivity index (χ1n) is 39.7. The summed E-state index contributed by atoms with van der Waals surface area (Å²) in [4.78, 5) is 24.6. The summed E-state index contributed by atoms with van der Waals surface area (Å²) in [6.45, 7) is 4.96. The Kier molecular flexibility index (Phi) is 74.8. The fourth-order valence-corrected chi connectivity index (χ4v) is 12.6. The molecule has 0 bridgehead atoms. The van der Waals surface area contributed by atoms with E-state index >= 15 is 0 Å². The van der Waals surface area contributed by atoms with Crippen LogP contribution < -0.4 is 5.32 Å². The van der Waals surface area contributed by atoms with E-state index in [1.54, 1.807) is 0 Å². The van der Waals surface area contributed by atoms with Crippen molar-refractivity contribution in [1.29, 1.82) is 0 Å². The van der Waals surface area contributed by atoms with Crippen LogP contribution in [0.15, 0.2) is 36.5 Å². The van der Waals surface area contributed by atoms with Crippen molar-refractivity contribution in [3.8, 4) is 0 Å². The Morgan fingerprint density at radius 2 is 0.575 bits per heavy atom. The lowest BCUT2D eigenvalue weighted by Gasteiger charge is -2.22. The number of hydrogen-bond donors (Lipinski definition) is 3. The number of unbranched alkanes of at least 4 members (excludes halogenated alkanes) is 58. The van der Waals surface area contributed by atoms with Crippen LogP contribution in [0, 0.1) is 0 Å². The number of ether oxygens (including phenoxy) is 1. The first-order chi connectivity index (χ1) is 43.0. The predicted molar refractivity (Wildman–Crippen MR) is 384 cm³/mol. The first kappa shape index (κ1) is 85.1. The molecule has 0 heterocycles. The van der Waals surface area contributed by atoms with Crippen molar-refractivity contribution in [2.45, 2.75) is 456 Å². The summed E-state index contributed by atoms with van der Waals surface area (Å²) in [7, 11) is 0. The molecule has 0 aliphatic heterocycles. The molecule has 0 aliphatic rings. The van der Waals surface area contributed by atoms with E-state index < -0.39 is 12.1 Å². The quantitative estimate of drug-likeness (QED) is 0.0320. The van der Waals surface area contributed by atoms with Crippen molar-refractivity contribution in [1.82, 2.24) is 5.32 Å². The van der Waals surface area contributed by atoms with E-state index in [0.717, 1.165) is 44.9 Å². The fraction of sp³-hybridized carbons (Fsp3) is 0.901. The molecule has 6 heteroatoms. The molecule has 87 heavy (non-hydrogen) atoms. The normalized spacial score (nSPS) is 12.6. The topological polar surface area (TPSA) is 95.9 Å². The Hall–Kier alpha value is -1.92. The Morgan fingerprint density at radius 3 is 0.908 bits per heavy atom. The lowest BCUT2D eigenvalue weighted by molar-refractivity contribution is -0.143. The van der Waals surface area contributed by atoms with Crippen LogP contribution in [0.3, 0.4) is 0 Å². The molecule has 0 saturated carbocycles. The summed E-state index contributed by atoms with van der Waals surface area (Å²) in [5, 5.41) is 23.3. The molecule has 3 N–H and O–H groups in total. The van der Waals surface area contributed by atoms with Crippen LogP contribution in [0.5, 0.6) is 0 Å². The van der Waals surface area contributed by atoms with Crippen LogP contribution >= 0.6 is 0 Å². The van der Waals surface area contributed by atoms with E-state index in [1.807, 2.05) is 0 Å². The third-order valence-electron chi connectivity index (χ3n) is 18.7. The third-order valence-corrected chi connectivity index (χ3v) is 18.7. The minimum absolute atomic E-state index is 0.0193. The van der Waals surface area contributed by atoms with E-state index in [-0.39, 0.29) is 18.5 Å². The molecular weight excluding hydrogens is 1070 g/mol. The molecule has 514 valence electrons. The Balaban J connectivity index is 3.30. The van der Waals surface area contributed by atoms with Gasteiger partial charge in [-0.3, -0.25) is 9.59 Å². The van der Waals surface area contributed by atoms with Crippen LogP contribution in [0.4, 0.5) is 0 Å². The maximum Gasteiger partial charge on any atom is 0.305 e. The predicted octanol–water partition coefficient (Wildman–Crippen LogP) is 26.2. The van der Waals surface area contributed by atoms with E-state index in [9.17, 15) is 19.8 Å². The smallest absolute Gasteiger partial charge is 0.305 e. The van der Waals surface area contributed by atoms with Crippen LogP contribution in [-0.4, -0.2) is 47.4 Å². The number of aliphatic hydroxyl groups is 2. The highest BCUT2D eigenvalue weighted by Gasteiger charge is 2.20. The minimum Gasteiger partial charge on any atom is -0.466 e. The summed E-state index contributed by atoms with van der Waals surface area (Å²) < 4.78 is 5.52. The van der Waals surface area contributed by atoms with Crippen LogP contribution in [0.25, 0.3) is 0 Å². The summed E-state index contributed by atoms with van der Waals surface area (Å²) in [6.07, 6.45) is 99.7. The van der Waals surface area contributed by atoms with Gasteiger partial charge in [-0.25, -0.2) is 0 Å². The van der Waals surface area contributed by atoms with Crippen molar-refractivity contribution in [3.05, 3.63) is 36.5 Å². The molecule has 0 fully saturated rings. The van der Waals surface area contributed by atoms with Gasteiger partial charge in [0.15, 0.2) is 0 Å². The summed E-state index contributed by atoms with van der Waals surface area (Å²) in [6, 6.07) is -0.537. The van der Waals surface area contributed by atoms with Gasteiger partial charge in [0.05, 0.1) is 25.4 Å². The zero-order valence-electron chi connectivity index (χ0n) is 59.0. The SMILES string of the molecule is CCCCC/C=C\C/C=C\CCCCCCCCCCCC(=O)OCCCCCCCCCCCCCCCCCCCC/C=C\CCCCCCCCCCCCCCCCCCCC(=O)NC(CO)C(O)CCCCCCCCCCCCCC. The molecule has 0 rings (SSSR count). The van der Waals surface area contributed by atoms with Gasteiger partial charge < -0.3 is 20.3 Å². The zero-order valence-corrected chi connectivity index (χ0v) is 59.0. The lowest BCUT2D eigenvalue weighted by atomic mass is 10.0. The van der Waals surface area contributed by atoms with E-state index in [1.165, 1.54) is 366 Å². The molecule has 2 atom stereocenters. The van der Waals surface area contributed by atoms with Gasteiger partial charge in [0.25, 0.3) is 0 Å². The van der Waals surface area contributed by atoms with E-state index in [0.29, 0.717) is 25.9 Å². The van der Waals surface area contributed by atoms with E-state index in [2.05, 4.69) is 55.6 Å². The highest BCUT2D eigenvalue weighted by atomic mass is 16.5. The van der Waals surface area contributed by atoms with Gasteiger partial charge in [-0.05, 0) is 83.5 Å². The molecule has 0 spiro atoms. The van der Waals surface area contributed by atoms with Gasteiger partial charge in [0.2, 0.25) is 5.91 Å². The van der Waals surface area contributed by atoms with Gasteiger partial charge in [0.1, 0.15) is 0 Å². The molecule has 0 aromatic carbocycles. The molecule has 0 aliphatic carbocycles. The molecule has 0 saturated heterocycles. The van der Waals surface area contributed by atoms with Gasteiger partial charge in [0, 0.05) is 12.8 Å². The second kappa shape index (κ2) is 76.5. The van der Waals surface area contributed by atoms with Crippen molar-refractivity contribution in [3.63, 3.8) is 0 Å². The van der Waals surface area contributed by atoms with Gasteiger partial charge in [-0.15, -0.1) is 0 Å². The van der Waals surface area contributed by atoms with Crippen LogP contribution in [0.1, 0.15) is 444 Å². The van der Waals surface area contributed by atoms with Crippen LogP contribution in [-0.2, 0) is 14.3 Å². The average Bonchev–Trinajstić information content (AvgIpc) is 3.54. The van der Waals surface area contributed by atoms with Crippen molar-refractivity contribution in [2.75, 3.05) is 13.2 Å². The maximum atomic E-state index is 12.5. The lowest BCUT2D eigenvalue weighted by Crippen LogP contribution is -2.45. The summed E-state index contributed by atoms with van der Waals surface area (Å²) in [5.74, 6) is -0.00950. The zero-order chi connectivity index (χ0) is 62.8. The number of esters is 1. The number of allylic oxidation sites excluding steroid dienone is 6. The second-order valence-corrected chi connectivity index (χ2v) is 27.4. The Labute approximate surface area is 544 Å². The number of carbonyl (C=O) groups is 2. The number of hydrogen-bond acceptors (Lipinski definition) is 5. The van der Waals surface area contributed by atoms with Gasteiger partial charge in [-0.2, -0.15) is 0 Å². The number of rotatable bonds is 75. The first-order valence-corrected chi connectivity index (χ1v) is 39.7. The largest absolute Gasteiger partial charge is 0.466 e. The fourth-order valence-electron chi connectivity index (χ4n) is 12.6. The molecular formula is C81H155NO5. The van der Waals surface area contributed by atoms with Crippen molar-refractivity contribution < 1.29 is 24.5 Å². The van der Waals surface area contributed by atoms with Crippen molar-refractivity contribution >= 4 is 11.9 Å². The molecule has 1 amide bonds. The monoisotopic (exact) mass is 1220 g/mol. The van der Waals surface area contributed by atoms with Crippen LogP contribution in [0.2, 0.25) is 0 Å². The second-order valence-electron chi connectivity index (χ2n) is 27.4. The van der Waals surface area contributed by atoms with E-state index in [4.69, 9.17) is 4.74 Å². The van der Waals surface area contributed by atoms with Gasteiger partial charge >= 0.3 is 5.97 Å². The average molecular weight is 1220 g/mol. The number of amides is 1. The highest BCUT2D eigenvalue weighted by molar-refractivity contribution is 5.76. The standard InChI is InChI=1S/C81H155NO5/c1-3-5-7-9-11-13-15-17-18-19-41-45-48-51-55-59-63-67-71-75-81(86)87-76-72-68-64-60-56-52-49-46-43-40-38-36-34-32-30-28-26-24-22-20-21-23-25-27-29-31-33-35-37-39-42-44-47-50-54-58-62-66-70-74-80(85)82-78(77-83)79(84)73-69-65-61-57-53-16-14-12-10-8-6-4-2/h11,13,17-18,20-21,78-79,83-84H,3-10,12,14-16,19,22-77H2,1-2H3,(H,82,85)/b13-11-,18-17-,21-20-. The summed E-state index contributed by atoms with van der Waals surface area (Å²) >= 11 is 0. The molecule has 0 aromatic heterocycles. The minimum atomic E-state index is -0.660. The molecule has 2 unspecified atom stereocenters.